The van der Waals surface area contributed by atoms with E-state index in [1.54, 1.807) is 0 Å². The number of benzene rings is 2. The van der Waals surface area contributed by atoms with E-state index in [1.165, 1.54) is 55.9 Å². The number of non-ortho nitro benzene ring substituents is 1. The summed E-state index contributed by atoms with van der Waals surface area (Å²) >= 11 is 5.97. The molecule has 1 aliphatic carbocycles. The molecule has 0 bridgehead atoms. The zero-order valence-corrected chi connectivity index (χ0v) is 15.1. The molecule has 1 fully saturated rings. The Bertz CT molecular complexity index is 798. The first-order valence-electron chi connectivity index (χ1n) is 8.74. The van der Waals surface area contributed by atoms with Gasteiger partial charge in [-0.2, -0.15) is 0 Å². The van der Waals surface area contributed by atoms with Crippen molar-refractivity contribution in [3.8, 4) is 5.75 Å². The lowest BCUT2D eigenvalue weighted by molar-refractivity contribution is -0.384. The molecule has 2 aromatic carbocycles. The Hall–Kier alpha value is -2.40. The highest BCUT2D eigenvalue weighted by molar-refractivity contribution is 6.32. The second-order valence-corrected chi connectivity index (χ2v) is 6.95. The van der Waals surface area contributed by atoms with Gasteiger partial charge >= 0.3 is 0 Å². The molecule has 5 nitrogen and oxygen atoms in total. The normalized spacial score (nSPS) is 14.8. The lowest BCUT2D eigenvalue weighted by Crippen LogP contribution is -2.12. The average molecular weight is 374 g/mol. The fraction of sp³-hybridized carbons (Fsp3) is 0.350. The van der Waals surface area contributed by atoms with Gasteiger partial charge < -0.3 is 4.74 Å². The minimum absolute atomic E-state index is 0.111. The molecule has 0 radical (unpaired) electrons. The van der Waals surface area contributed by atoms with Gasteiger partial charge in [0.25, 0.3) is 5.69 Å². The second-order valence-electron chi connectivity index (χ2n) is 6.54. The maximum atomic E-state index is 12.3. The molecule has 0 spiro atoms. The highest BCUT2D eigenvalue weighted by Gasteiger charge is 2.16. The number of ketones is 1. The fourth-order valence-corrected chi connectivity index (χ4v) is 3.55. The molecule has 0 N–H and O–H groups in total. The van der Waals surface area contributed by atoms with Crippen molar-refractivity contribution in [3.63, 3.8) is 0 Å². The van der Waals surface area contributed by atoms with Crippen molar-refractivity contribution in [2.75, 3.05) is 6.61 Å². The summed E-state index contributed by atoms with van der Waals surface area (Å²) in [6, 6.07) is 11.6. The quantitative estimate of drug-likeness (QED) is 0.377. The van der Waals surface area contributed by atoms with Gasteiger partial charge in [0.2, 0.25) is 0 Å². The highest BCUT2D eigenvalue weighted by Crippen LogP contribution is 2.32. The Morgan fingerprint density at radius 2 is 1.81 bits per heavy atom. The third-order valence-electron chi connectivity index (χ3n) is 4.79. The molecule has 0 amide bonds. The van der Waals surface area contributed by atoms with E-state index in [0.29, 0.717) is 11.5 Å². The van der Waals surface area contributed by atoms with Gasteiger partial charge in [0.05, 0.1) is 9.95 Å². The van der Waals surface area contributed by atoms with E-state index in [1.807, 2.05) is 24.3 Å². The lowest BCUT2D eigenvalue weighted by atomic mass is 9.84. The SMILES string of the molecule is O=C(COc1ccc([N+](=O)[O-])cc1Cl)c1ccc(C2CCCCC2)cc1. The van der Waals surface area contributed by atoms with E-state index in [9.17, 15) is 14.9 Å². The molecule has 0 atom stereocenters. The van der Waals surface area contributed by atoms with E-state index in [-0.39, 0.29) is 28.8 Å². The first-order chi connectivity index (χ1) is 12.5. The predicted octanol–water partition coefficient (Wildman–Crippen LogP) is 5.56. The van der Waals surface area contributed by atoms with Gasteiger partial charge in [-0.15, -0.1) is 0 Å². The number of ether oxygens (including phenoxy) is 1. The molecule has 2 aromatic rings. The largest absolute Gasteiger partial charge is 0.484 e. The van der Waals surface area contributed by atoms with Gasteiger partial charge in [0.15, 0.2) is 12.4 Å². The van der Waals surface area contributed by atoms with Gasteiger partial charge in [-0.1, -0.05) is 55.1 Å². The Morgan fingerprint density at radius 1 is 1.12 bits per heavy atom. The monoisotopic (exact) mass is 373 g/mol. The van der Waals surface area contributed by atoms with Crippen LogP contribution in [0.25, 0.3) is 0 Å². The molecular formula is C20H20ClNO4. The van der Waals surface area contributed by atoms with Crippen molar-refractivity contribution >= 4 is 23.1 Å². The summed E-state index contributed by atoms with van der Waals surface area (Å²) < 4.78 is 5.43. The number of hydrogen-bond acceptors (Lipinski definition) is 4. The number of carbonyl (C=O) groups is 1. The maximum absolute atomic E-state index is 12.3. The number of hydrogen-bond donors (Lipinski definition) is 0. The molecule has 0 saturated heterocycles. The summed E-state index contributed by atoms with van der Waals surface area (Å²) in [6.07, 6.45) is 6.30. The zero-order valence-electron chi connectivity index (χ0n) is 14.3. The number of carbonyl (C=O) groups excluding carboxylic acids is 1. The molecule has 26 heavy (non-hydrogen) atoms. The maximum Gasteiger partial charge on any atom is 0.271 e. The third kappa shape index (κ3) is 4.41. The Kier molecular flexibility index (Phi) is 5.89. The van der Waals surface area contributed by atoms with Gasteiger partial charge in [0, 0.05) is 17.7 Å². The van der Waals surface area contributed by atoms with Crippen LogP contribution in [-0.4, -0.2) is 17.3 Å². The molecule has 0 aromatic heterocycles. The Balaban J connectivity index is 1.60. The van der Waals surface area contributed by atoms with Crippen molar-refractivity contribution < 1.29 is 14.5 Å². The van der Waals surface area contributed by atoms with Crippen LogP contribution in [0.4, 0.5) is 5.69 Å². The zero-order chi connectivity index (χ0) is 18.5. The van der Waals surface area contributed by atoms with Crippen LogP contribution < -0.4 is 4.74 Å². The minimum atomic E-state index is -0.533. The second kappa shape index (κ2) is 8.32. The average Bonchev–Trinajstić information content (AvgIpc) is 2.67. The molecule has 1 aliphatic rings. The van der Waals surface area contributed by atoms with Gasteiger partial charge in [0.1, 0.15) is 5.75 Å². The first kappa shape index (κ1) is 18.4. The van der Waals surface area contributed by atoms with Crippen LogP contribution in [0.2, 0.25) is 5.02 Å². The molecule has 136 valence electrons. The van der Waals surface area contributed by atoms with E-state index in [0.717, 1.165) is 0 Å². The van der Waals surface area contributed by atoms with Gasteiger partial charge in [-0.25, -0.2) is 0 Å². The highest BCUT2D eigenvalue weighted by atomic mass is 35.5. The summed E-state index contributed by atoms with van der Waals surface area (Å²) in [6.45, 7) is -0.166. The van der Waals surface area contributed by atoms with Crippen molar-refractivity contribution in [3.05, 3.63) is 68.7 Å². The molecular weight excluding hydrogens is 354 g/mol. The standard InChI is InChI=1S/C20H20ClNO4/c21-18-12-17(22(24)25)10-11-20(18)26-13-19(23)16-8-6-15(7-9-16)14-4-2-1-3-5-14/h6-12,14H,1-5,13H2. The molecule has 0 aliphatic heterocycles. The molecule has 6 heteroatoms. The van der Waals surface area contributed by atoms with Crippen molar-refractivity contribution in [1.29, 1.82) is 0 Å². The number of rotatable bonds is 6. The number of nitro groups is 1. The van der Waals surface area contributed by atoms with E-state index < -0.39 is 4.92 Å². The van der Waals surface area contributed by atoms with E-state index >= 15 is 0 Å². The fourth-order valence-electron chi connectivity index (χ4n) is 3.32. The van der Waals surface area contributed by atoms with Crippen LogP contribution in [0.15, 0.2) is 42.5 Å². The Labute approximate surface area is 157 Å². The summed E-state index contributed by atoms with van der Waals surface area (Å²) in [5, 5.41) is 10.8. The lowest BCUT2D eigenvalue weighted by Gasteiger charge is -2.22. The summed E-state index contributed by atoms with van der Waals surface area (Å²) in [4.78, 5) is 22.5. The molecule has 1 saturated carbocycles. The number of halogens is 1. The summed E-state index contributed by atoms with van der Waals surface area (Å²) in [7, 11) is 0. The van der Waals surface area contributed by atoms with Crippen LogP contribution in [0, 0.1) is 10.1 Å². The number of Topliss-reactive ketones (excluding diaryl/α,β-unsaturated/α-hetero) is 1. The van der Waals surface area contributed by atoms with E-state index in [4.69, 9.17) is 16.3 Å². The predicted molar refractivity (Wildman–Crippen MR) is 100 cm³/mol. The third-order valence-corrected chi connectivity index (χ3v) is 5.09. The number of nitrogens with zero attached hydrogens (tertiary/aromatic N) is 1. The molecule has 0 unspecified atom stereocenters. The van der Waals surface area contributed by atoms with Crippen molar-refractivity contribution in [2.45, 2.75) is 38.0 Å². The van der Waals surface area contributed by atoms with Crippen molar-refractivity contribution in [1.82, 2.24) is 0 Å². The minimum Gasteiger partial charge on any atom is -0.484 e. The van der Waals surface area contributed by atoms with Gasteiger partial charge in [-0.05, 0) is 30.4 Å². The molecule has 3 rings (SSSR count). The van der Waals surface area contributed by atoms with Crippen LogP contribution in [-0.2, 0) is 0 Å². The van der Waals surface area contributed by atoms with Gasteiger partial charge in [-0.3, -0.25) is 14.9 Å². The topological polar surface area (TPSA) is 69.4 Å². The van der Waals surface area contributed by atoms with Crippen LogP contribution in [0.1, 0.15) is 53.9 Å². The van der Waals surface area contributed by atoms with Crippen LogP contribution >= 0.6 is 11.6 Å². The summed E-state index contributed by atoms with van der Waals surface area (Å²) in [5.41, 5.74) is 1.76. The first-order valence-corrected chi connectivity index (χ1v) is 9.12. The number of nitro benzene ring substituents is 1. The molecule has 0 heterocycles. The van der Waals surface area contributed by atoms with E-state index in [2.05, 4.69) is 0 Å². The van der Waals surface area contributed by atoms with Crippen LogP contribution in [0.5, 0.6) is 5.75 Å². The summed E-state index contributed by atoms with van der Waals surface area (Å²) in [5.74, 6) is 0.696. The smallest absolute Gasteiger partial charge is 0.271 e. The van der Waals surface area contributed by atoms with Crippen LogP contribution in [0.3, 0.4) is 0 Å². The van der Waals surface area contributed by atoms with Crippen molar-refractivity contribution in [2.24, 2.45) is 0 Å². The Morgan fingerprint density at radius 3 is 2.42 bits per heavy atom.